The molecule has 0 aliphatic carbocycles. The molecule has 16 heteroatoms. The Kier molecular flexibility index (Phi) is 11.6. The summed E-state index contributed by atoms with van der Waals surface area (Å²) < 4.78 is 30.4. The SMILES string of the molecule is CN(C)N=Nc1nc[nH]c1C(N)=O.COc1cc2ncnc(Nc3ccc(F)c(Cl)c3)c2cc1OCCCN1CCOCC1. The van der Waals surface area contributed by atoms with E-state index in [-0.39, 0.29) is 16.5 Å². The van der Waals surface area contributed by atoms with E-state index < -0.39 is 11.7 Å². The summed E-state index contributed by atoms with van der Waals surface area (Å²) in [6.07, 6.45) is 3.69. The Morgan fingerprint density at radius 3 is 2.70 bits per heavy atom. The van der Waals surface area contributed by atoms with Crippen molar-refractivity contribution in [2.24, 2.45) is 16.1 Å². The van der Waals surface area contributed by atoms with Gasteiger partial charge in [-0.15, -0.1) is 5.11 Å². The van der Waals surface area contributed by atoms with Gasteiger partial charge in [-0.2, -0.15) is 0 Å². The second-order valence-corrected chi connectivity index (χ2v) is 10.1. The van der Waals surface area contributed by atoms with Gasteiger partial charge in [0.1, 0.15) is 18.0 Å². The summed E-state index contributed by atoms with van der Waals surface area (Å²) in [6.45, 7) is 5.00. The fourth-order valence-electron chi connectivity index (χ4n) is 4.12. The number of imidazole rings is 1. The molecule has 44 heavy (non-hydrogen) atoms. The largest absolute Gasteiger partial charge is 0.493 e. The van der Waals surface area contributed by atoms with Crippen LogP contribution in [0.5, 0.6) is 11.5 Å². The van der Waals surface area contributed by atoms with E-state index in [1.807, 2.05) is 12.1 Å². The highest BCUT2D eigenvalue weighted by Crippen LogP contribution is 2.35. The molecular weight excluding hydrogens is 595 g/mol. The second-order valence-electron chi connectivity index (χ2n) is 9.65. The van der Waals surface area contributed by atoms with E-state index in [1.165, 1.54) is 29.8 Å². The number of morpholine rings is 1. The van der Waals surface area contributed by atoms with Gasteiger partial charge in [-0.3, -0.25) is 14.7 Å². The van der Waals surface area contributed by atoms with Crippen molar-refractivity contribution in [2.45, 2.75) is 6.42 Å². The van der Waals surface area contributed by atoms with Crippen LogP contribution in [0.3, 0.4) is 0 Å². The van der Waals surface area contributed by atoms with Crippen molar-refractivity contribution in [1.82, 2.24) is 29.8 Å². The van der Waals surface area contributed by atoms with Gasteiger partial charge in [0.2, 0.25) is 5.82 Å². The van der Waals surface area contributed by atoms with Crippen LogP contribution in [-0.4, -0.2) is 96.4 Å². The Morgan fingerprint density at radius 2 is 2.00 bits per heavy atom. The number of hydrogen-bond donors (Lipinski definition) is 3. The zero-order valence-electron chi connectivity index (χ0n) is 24.6. The van der Waals surface area contributed by atoms with E-state index in [9.17, 15) is 9.18 Å². The standard InChI is InChI=1S/C22H24ClFN4O3.C6H10N6O/c1-29-20-13-19-16(12-21(20)31-8-2-5-28-6-9-30-10-7-28)22(26-14-25-19)27-15-3-4-18(24)17(23)11-15;1-12(2)11-10-6-4(5(7)13)8-3-9-6/h3-4,11-14H,2,5-10H2,1H3,(H,25,26,27);3H,1-2H3,(H2,7,13)(H,8,9). The number of H-pyrrole nitrogens is 1. The Balaban J connectivity index is 0.000000285. The number of anilines is 2. The van der Waals surface area contributed by atoms with E-state index in [4.69, 9.17) is 31.5 Å². The zero-order chi connectivity index (χ0) is 31.5. The molecule has 0 saturated carbocycles. The third kappa shape index (κ3) is 8.95. The number of ether oxygens (including phenoxy) is 3. The number of benzene rings is 2. The molecule has 14 nitrogen and oxygen atoms in total. The summed E-state index contributed by atoms with van der Waals surface area (Å²) in [5.74, 6) is 0.900. The number of nitrogens with one attached hydrogen (secondary N) is 2. The predicted molar refractivity (Wildman–Crippen MR) is 163 cm³/mol. The Bertz CT molecular complexity index is 1580. The molecule has 234 valence electrons. The number of carbonyl (C=O) groups excluding carboxylic acids is 1. The van der Waals surface area contributed by atoms with Crippen LogP contribution in [0.15, 0.2) is 53.3 Å². The number of halogens is 2. The minimum atomic E-state index is -0.606. The van der Waals surface area contributed by atoms with E-state index in [0.717, 1.165) is 44.7 Å². The molecule has 1 aliphatic heterocycles. The summed E-state index contributed by atoms with van der Waals surface area (Å²) in [6, 6.07) is 8.09. The van der Waals surface area contributed by atoms with E-state index in [0.29, 0.717) is 35.1 Å². The number of primary amides is 1. The van der Waals surface area contributed by atoms with Crippen LogP contribution in [0.2, 0.25) is 5.02 Å². The molecule has 0 atom stereocenters. The third-order valence-electron chi connectivity index (χ3n) is 6.27. The molecule has 1 aliphatic rings. The fraction of sp³-hybridized carbons (Fsp3) is 0.357. The Labute approximate surface area is 258 Å². The van der Waals surface area contributed by atoms with Crippen LogP contribution in [0.25, 0.3) is 10.9 Å². The van der Waals surface area contributed by atoms with E-state index in [2.05, 4.69) is 40.5 Å². The normalized spacial score (nSPS) is 13.4. The molecule has 4 aromatic rings. The molecule has 3 heterocycles. The van der Waals surface area contributed by atoms with Gasteiger partial charge >= 0.3 is 0 Å². The Hall–Kier alpha value is -4.60. The van der Waals surface area contributed by atoms with Gasteiger partial charge in [-0.05, 0) is 30.7 Å². The van der Waals surface area contributed by atoms with Gasteiger partial charge in [0.05, 0.1) is 43.8 Å². The van der Waals surface area contributed by atoms with Gasteiger partial charge in [-0.1, -0.05) is 16.8 Å². The van der Waals surface area contributed by atoms with Crippen LogP contribution in [0, 0.1) is 5.82 Å². The zero-order valence-corrected chi connectivity index (χ0v) is 25.3. The summed E-state index contributed by atoms with van der Waals surface area (Å²) >= 11 is 5.90. The Morgan fingerprint density at radius 1 is 1.20 bits per heavy atom. The maximum Gasteiger partial charge on any atom is 0.269 e. The first-order chi connectivity index (χ1) is 21.2. The highest BCUT2D eigenvalue weighted by atomic mass is 35.5. The number of methoxy groups -OCH3 is 1. The van der Waals surface area contributed by atoms with Crippen molar-refractivity contribution in [3.63, 3.8) is 0 Å². The van der Waals surface area contributed by atoms with E-state index >= 15 is 0 Å². The number of carbonyl (C=O) groups is 1. The highest BCUT2D eigenvalue weighted by molar-refractivity contribution is 6.31. The molecule has 1 saturated heterocycles. The van der Waals surface area contributed by atoms with Crippen molar-refractivity contribution >= 4 is 45.7 Å². The molecule has 4 N–H and O–H groups in total. The number of aromatic amines is 1. The second kappa shape index (κ2) is 15.7. The lowest BCUT2D eigenvalue weighted by Gasteiger charge is -2.26. The molecule has 0 unspecified atom stereocenters. The average molecular weight is 629 g/mol. The fourth-order valence-corrected chi connectivity index (χ4v) is 4.30. The first-order valence-corrected chi connectivity index (χ1v) is 14.0. The summed E-state index contributed by atoms with van der Waals surface area (Å²) in [5.41, 5.74) is 6.52. The minimum Gasteiger partial charge on any atom is -0.493 e. The summed E-state index contributed by atoms with van der Waals surface area (Å²) in [7, 11) is 5.02. The number of hydrogen-bond acceptors (Lipinski definition) is 11. The lowest BCUT2D eigenvalue weighted by molar-refractivity contribution is 0.0357. The maximum atomic E-state index is 13.5. The van der Waals surface area contributed by atoms with Gasteiger partial charge < -0.3 is 30.2 Å². The van der Waals surface area contributed by atoms with Crippen LogP contribution in [-0.2, 0) is 4.74 Å². The molecular formula is C28H34ClFN10O4. The number of fused-ring (bicyclic) bond motifs is 1. The van der Waals surface area contributed by atoms with Crippen molar-refractivity contribution < 1.29 is 23.4 Å². The van der Waals surface area contributed by atoms with Gasteiger partial charge in [0, 0.05) is 50.9 Å². The minimum absolute atomic E-state index is 0.0364. The van der Waals surface area contributed by atoms with Crippen molar-refractivity contribution in [3.05, 3.63) is 59.5 Å². The summed E-state index contributed by atoms with van der Waals surface area (Å²) in [5, 5.41) is 12.8. The molecule has 0 bridgehead atoms. The van der Waals surface area contributed by atoms with Crippen molar-refractivity contribution in [3.8, 4) is 11.5 Å². The number of rotatable bonds is 11. The first-order valence-electron chi connectivity index (χ1n) is 13.6. The smallest absolute Gasteiger partial charge is 0.269 e. The molecule has 0 spiro atoms. The number of nitrogens with zero attached hydrogens (tertiary/aromatic N) is 7. The quantitative estimate of drug-likeness (QED) is 0.123. The van der Waals surface area contributed by atoms with Crippen LogP contribution in [0.1, 0.15) is 16.9 Å². The van der Waals surface area contributed by atoms with E-state index in [1.54, 1.807) is 27.3 Å². The van der Waals surface area contributed by atoms with Crippen LogP contribution in [0.4, 0.5) is 21.7 Å². The molecule has 0 radical (unpaired) electrons. The highest BCUT2D eigenvalue weighted by Gasteiger charge is 2.14. The maximum absolute atomic E-state index is 13.5. The number of aromatic nitrogens is 4. The van der Waals surface area contributed by atoms with Gasteiger partial charge in [0.15, 0.2) is 17.2 Å². The molecule has 1 amide bonds. The van der Waals surface area contributed by atoms with Crippen LogP contribution < -0.4 is 20.5 Å². The topological polar surface area (TPSA) is 168 Å². The predicted octanol–water partition coefficient (Wildman–Crippen LogP) is 4.34. The lowest BCUT2D eigenvalue weighted by atomic mass is 10.2. The lowest BCUT2D eigenvalue weighted by Crippen LogP contribution is -2.37. The average Bonchev–Trinajstić information content (AvgIpc) is 3.50. The number of amides is 1. The molecule has 2 aromatic heterocycles. The monoisotopic (exact) mass is 628 g/mol. The van der Waals surface area contributed by atoms with Crippen molar-refractivity contribution in [1.29, 1.82) is 0 Å². The van der Waals surface area contributed by atoms with Crippen LogP contribution >= 0.6 is 11.6 Å². The summed E-state index contributed by atoms with van der Waals surface area (Å²) in [4.78, 5) is 28.1. The first kappa shape index (κ1) is 32.3. The van der Waals surface area contributed by atoms with Gasteiger partial charge in [0.25, 0.3) is 5.91 Å². The molecule has 5 rings (SSSR count). The third-order valence-corrected chi connectivity index (χ3v) is 6.56. The molecule has 1 fully saturated rings. The van der Waals surface area contributed by atoms with Crippen molar-refractivity contribution in [2.75, 3.05) is 66.0 Å². The number of nitrogens with two attached hydrogens (primary N) is 1. The molecule has 2 aromatic carbocycles. The van der Waals surface area contributed by atoms with Gasteiger partial charge in [-0.25, -0.2) is 19.3 Å².